The number of fused-ring (bicyclic) bond motifs is 2. The molecular formula is C27H24N6O2. The fourth-order valence-electron chi connectivity index (χ4n) is 4.70. The number of aliphatic hydroxyl groups excluding tert-OH is 1. The third-order valence-electron chi connectivity index (χ3n) is 6.68. The molecule has 0 saturated carbocycles. The summed E-state index contributed by atoms with van der Waals surface area (Å²) < 4.78 is 7.38. The molecule has 6 rings (SSSR count). The van der Waals surface area contributed by atoms with Crippen molar-refractivity contribution in [3.8, 4) is 28.3 Å². The second-order valence-corrected chi connectivity index (χ2v) is 8.79. The van der Waals surface area contributed by atoms with E-state index in [1.54, 1.807) is 29.6 Å². The van der Waals surface area contributed by atoms with Gasteiger partial charge in [0.05, 0.1) is 41.2 Å². The van der Waals surface area contributed by atoms with E-state index >= 15 is 0 Å². The molecule has 0 aliphatic carbocycles. The molecule has 8 nitrogen and oxygen atoms in total. The Bertz CT molecular complexity index is 1780. The minimum absolute atomic E-state index is 0.0230. The minimum Gasteiger partial charge on any atom is -0.392 e. The van der Waals surface area contributed by atoms with Gasteiger partial charge in [-0.15, -0.1) is 0 Å². The SMILES string of the molecule is Cn1cncc1-c1nc2cc(-c3ccc(CO)cc3)ccc2n1-c1ccc2c(c1)n(C)c(=O)n2C. The van der Waals surface area contributed by atoms with Gasteiger partial charge in [0, 0.05) is 26.8 Å². The summed E-state index contributed by atoms with van der Waals surface area (Å²) in [4.78, 5) is 21.8. The van der Waals surface area contributed by atoms with E-state index in [-0.39, 0.29) is 12.3 Å². The van der Waals surface area contributed by atoms with E-state index in [9.17, 15) is 9.90 Å². The van der Waals surface area contributed by atoms with Crippen molar-refractivity contribution in [1.82, 2.24) is 28.2 Å². The van der Waals surface area contributed by atoms with Gasteiger partial charge in [-0.25, -0.2) is 14.8 Å². The summed E-state index contributed by atoms with van der Waals surface area (Å²) in [6.45, 7) is 0.0230. The molecule has 3 aromatic carbocycles. The van der Waals surface area contributed by atoms with Gasteiger partial charge in [0.1, 0.15) is 5.69 Å². The first-order chi connectivity index (χ1) is 17.0. The lowest BCUT2D eigenvalue weighted by atomic mass is 10.0. The molecule has 35 heavy (non-hydrogen) atoms. The van der Waals surface area contributed by atoms with E-state index in [2.05, 4.69) is 27.8 Å². The second kappa shape index (κ2) is 7.82. The van der Waals surface area contributed by atoms with Gasteiger partial charge < -0.3 is 9.67 Å². The average molecular weight is 465 g/mol. The van der Waals surface area contributed by atoms with Crippen molar-refractivity contribution in [2.45, 2.75) is 6.61 Å². The van der Waals surface area contributed by atoms with Gasteiger partial charge in [-0.2, -0.15) is 0 Å². The number of imidazole rings is 3. The van der Waals surface area contributed by atoms with Crippen LogP contribution in [0.4, 0.5) is 0 Å². The lowest BCUT2D eigenvalue weighted by Gasteiger charge is -2.11. The molecule has 0 spiro atoms. The quantitative estimate of drug-likeness (QED) is 0.431. The molecule has 0 unspecified atom stereocenters. The van der Waals surface area contributed by atoms with E-state index in [1.807, 2.05) is 60.3 Å². The van der Waals surface area contributed by atoms with E-state index in [0.717, 1.165) is 56.0 Å². The molecule has 0 aliphatic rings. The molecule has 0 amide bonds. The van der Waals surface area contributed by atoms with Crippen LogP contribution in [0.1, 0.15) is 5.56 Å². The molecule has 3 aromatic heterocycles. The van der Waals surface area contributed by atoms with Gasteiger partial charge in [-0.1, -0.05) is 30.3 Å². The maximum absolute atomic E-state index is 12.5. The Morgan fingerprint density at radius 3 is 2.26 bits per heavy atom. The van der Waals surface area contributed by atoms with Crippen molar-refractivity contribution in [3.63, 3.8) is 0 Å². The highest BCUT2D eigenvalue weighted by Gasteiger charge is 2.19. The van der Waals surface area contributed by atoms with E-state index in [4.69, 9.17) is 4.98 Å². The predicted octanol–water partition coefficient (Wildman–Crippen LogP) is 3.78. The first-order valence-corrected chi connectivity index (χ1v) is 11.3. The van der Waals surface area contributed by atoms with Crippen molar-refractivity contribution in [2.24, 2.45) is 21.1 Å². The van der Waals surface area contributed by atoms with Gasteiger partial charge in [-0.3, -0.25) is 13.7 Å². The molecule has 0 radical (unpaired) electrons. The highest BCUT2D eigenvalue weighted by atomic mass is 16.3. The second-order valence-electron chi connectivity index (χ2n) is 8.79. The predicted molar refractivity (Wildman–Crippen MR) is 136 cm³/mol. The van der Waals surface area contributed by atoms with E-state index in [1.165, 1.54) is 0 Å². The number of hydrogen-bond donors (Lipinski definition) is 1. The summed E-state index contributed by atoms with van der Waals surface area (Å²) in [5.74, 6) is 0.771. The summed E-state index contributed by atoms with van der Waals surface area (Å²) in [5.41, 5.74) is 8.26. The van der Waals surface area contributed by atoms with Crippen LogP contribution in [0.2, 0.25) is 0 Å². The summed E-state index contributed by atoms with van der Waals surface area (Å²) >= 11 is 0. The fourth-order valence-corrected chi connectivity index (χ4v) is 4.70. The highest BCUT2D eigenvalue weighted by molar-refractivity contribution is 5.88. The molecule has 1 N–H and O–H groups in total. The van der Waals surface area contributed by atoms with Crippen LogP contribution in [0.15, 0.2) is 78.0 Å². The van der Waals surface area contributed by atoms with Crippen LogP contribution in [0.25, 0.3) is 50.4 Å². The Balaban J connectivity index is 1.60. The van der Waals surface area contributed by atoms with Crippen molar-refractivity contribution in [1.29, 1.82) is 0 Å². The number of aromatic nitrogens is 6. The monoisotopic (exact) mass is 464 g/mol. The van der Waals surface area contributed by atoms with Crippen LogP contribution in [0, 0.1) is 0 Å². The lowest BCUT2D eigenvalue weighted by Crippen LogP contribution is -2.19. The van der Waals surface area contributed by atoms with Gasteiger partial charge in [0.2, 0.25) is 0 Å². The lowest BCUT2D eigenvalue weighted by molar-refractivity contribution is 0.282. The van der Waals surface area contributed by atoms with Crippen LogP contribution < -0.4 is 5.69 Å². The molecule has 174 valence electrons. The first-order valence-electron chi connectivity index (χ1n) is 11.3. The number of benzene rings is 3. The summed E-state index contributed by atoms with van der Waals surface area (Å²) in [5, 5.41) is 9.35. The van der Waals surface area contributed by atoms with Crippen LogP contribution in [-0.2, 0) is 27.7 Å². The van der Waals surface area contributed by atoms with Crippen molar-refractivity contribution in [3.05, 3.63) is 89.2 Å². The fraction of sp³-hybridized carbons (Fsp3) is 0.148. The Hall–Kier alpha value is -4.43. The zero-order valence-electron chi connectivity index (χ0n) is 19.7. The van der Waals surface area contributed by atoms with Crippen molar-refractivity contribution in [2.75, 3.05) is 0 Å². The van der Waals surface area contributed by atoms with Crippen LogP contribution >= 0.6 is 0 Å². The number of nitrogens with zero attached hydrogens (tertiary/aromatic N) is 6. The largest absolute Gasteiger partial charge is 0.392 e. The topological polar surface area (TPSA) is 82.8 Å². The van der Waals surface area contributed by atoms with Crippen LogP contribution in [0.5, 0.6) is 0 Å². The van der Waals surface area contributed by atoms with Gasteiger partial charge in [0.25, 0.3) is 0 Å². The van der Waals surface area contributed by atoms with Crippen LogP contribution in [-0.4, -0.2) is 33.3 Å². The number of aryl methyl sites for hydroxylation is 3. The zero-order valence-corrected chi connectivity index (χ0v) is 19.7. The Kier molecular flexibility index (Phi) is 4.72. The summed E-state index contributed by atoms with van der Waals surface area (Å²) in [7, 11) is 5.52. The normalized spacial score (nSPS) is 11.7. The average Bonchev–Trinajstić information content (AvgIpc) is 3.54. The maximum Gasteiger partial charge on any atom is 0.328 e. The third kappa shape index (κ3) is 3.22. The zero-order chi connectivity index (χ0) is 24.3. The standard InChI is InChI=1S/C27H24N6O2/c1-30-16-28-14-25(30)26-29-21-12-19(18-6-4-17(15-34)5-7-18)8-10-22(21)33(26)20-9-11-23-24(13-20)32(3)27(35)31(23)2/h4-14,16,34H,15H2,1-3H3. The molecule has 0 saturated heterocycles. The van der Waals surface area contributed by atoms with E-state index in [0.29, 0.717) is 0 Å². The van der Waals surface area contributed by atoms with Gasteiger partial charge in [-0.05, 0) is 47.0 Å². The molecule has 0 aliphatic heterocycles. The molecule has 0 bridgehead atoms. The molecule has 0 fully saturated rings. The Labute approximate surface area is 201 Å². The Morgan fingerprint density at radius 2 is 1.54 bits per heavy atom. The third-order valence-corrected chi connectivity index (χ3v) is 6.68. The highest BCUT2D eigenvalue weighted by Crippen LogP contribution is 2.32. The number of hydrogen-bond acceptors (Lipinski definition) is 4. The Morgan fingerprint density at radius 1 is 0.829 bits per heavy atom. The first kappa shape index (κ1) is 21.1. The van der Waals surface area contributed by atoms with Gasteiger partial charge in [0.15, 0.2) is 5.82 Å². The minimum atomic E-state index is -0.0589. The molecular weight excluding hydrogens is 440 g/mol. The van der Waals surface area contributed by atoms with Crippen molar-refractivity contribution < 1.29 is 5.11 Å². The van der Waals surface area contributed by atoms with Crippen LogP contribution in [0.3, 0.4) is 0 Å². The summed E-state index contributed by atoms with van der Waals surface area (Å²) in [6.07, 6.45) is 3.57. The number of aliphatic hydroxyl groups is 1. The number of rotatable bonds is 4. The molecule has 6 aromatic rings. The molecule has 0 atom stereocenters. The van der Waals surface area contributed by atoms with Crippen molar-refractivity contribution >= 4 is 22.1 Å². The smallest absolute Gasteiger partial charge is 0.328 e. The molecule has 3 heterocycles. The maximum atomic E-state index is 12.5. The van der Waals surface area contributed by atoms with Gasteiger partial charge >= 0.3 is 5.69 Å². The molecule has 8 heteroatoms. The summed E-state index contributed by atoms with van der Waals surface area (Å²) in [6, 6.07) is 20.1. The van der Waals surface area contributed by atoms with E-state index < -0.39 is 0 Å².